The molecule has 0 saturated carbocycles. The first-order chi connectivity index (χ1) is 12.0. The number of thiazole rings is 1. The lowest BCUT2D eigenvalue weighted by Crippen LogP contribution is -2.37. The van der Waals surface area contributed by atoms with E-state index in [1.807, 2.05) is 69.2 Å². The normalized spacial score (nSPS) is 11.2. The quantitative estimate of drug-likeness (QED) is 0.692. The Labute approximate surface area is 152 Å². The van der Waals surface area contributed by atoms with E-state index in [0.29, 0.717) is 6.54 Å². The van der Waals surface area contributed by atoms with Crippen LogP contribution in [0.25, 0.3) is 10.2 Å². The van der Waals surface area contributed by atoms with Gasteiger partial charge in [0.15, 0.2) is 5.13 Å². The number of nitrogens with zero attached hydrogens (tertiary/aromatic N) is 3. The number of hydrogen-bond acceptors (Lipinski definition) is 4. The highest BCUT2D eigenvalue weighted by Crippen LogP contribution is 2.30. The molecule has 0 radical (unpaired) electrons. The van der Waals surface area contributed by atoms with Gasteiger partial charge in [-0.15, -0.1) is 0 Å². The number of aryl methyl sites for hydroxylation is 2. The van der Waals surface area contributed by atoms with Crippen LogP contribution in [-0.2, 0) is 0 Å². The number of carbonyl (C=O) groups excluding carboxylic acids is 1. The van der Waals surface area contributed by atoms with Crippen LogP contribution in [0, 0.1) is 13.8 Å². The summed E-state index contributed by atoms with van der Waals surface area (Å²) in [4.78, 5) is 21.8. The predicted octanol–water partition coefficient (Wildman–Crippen LogP) is 4.12. The Balaban J connectivity index is 2.00. The molecule has 0 spiro atoms. The third kappa shape index (κ3) is 3.89. The van der Waals surface area contributed by atoms with Crippen LogP contribution in [0.3, 0.4) is 0 Å². The topological polar surface area (TPSA) is 36.4 Å². The van der Waals surface area contributed by atoms with Crippen LogP contribution in [0.5, 0.6) is 0 Å². The summed E-state index contributed by atoms with van der Waals surface area (Å²) in [6, 6.07) is 14.0. The van der Waals surface area contributed by atoms with Gasteiger partial charge in [0.25, 0.3) is 5.91 Å². The van der Waals surface area contributed by atoms with Crippen LogP contribution in [-0.4, -0.2) is 43.0 Å². The van der Waals surface area contributed by atoms with Gasteiger partial charge in [0.1, 0.15) is 0 Å². The fourth-order valence-electron chi connectivity index (χ4n) is 2.76. The molecule has 3 aromatic rings. The van der Waals surface area contributed by atoms with E-state index in [1.54, 1.807) is 11.3 Å². The van der Waals surface area contributed by atoms with Crippen molar-refractivity contribution in [2.45, 2.75) is 13.8 Å². The molecule has 4 nitrogen and oxygen atoms in total. The molecule has 130 valence electrons. The highest BCUT2D eigenvalue weighted by Gasteiger charge is 2.22. The molecule has 25 heavy (non-hydrogen) atoms. The minimum Gasteiger partial charge on any atom is -0.308 e. The molecular formula is C20H23N3OS. The van der Waals surface area contributed by atoms with E-state index in [-0.39, 0.29) is 5.91 Å². The second-order valence-corrected chi connectivity index (χ2v) is 7.55. The van der Waals surface area contributed by atoms with Crippen LogP contribution in [0.1, 0.15) is 21.5 Å². The molecule has 0 unspecified atom stereocenters. The van der Waals surface area contributed by atoms with Gasteiger partial charge < -0.3 is 4.90 Å². The number of hydrogen-bond donors (Lipinski definition) is 0. The Kier molecular flexibility index (Phi) is 5.16. The molecule has 1 amide bonds. The van der Waals surface area contributed by atoms with Crippen molar-refractivity contribution in [3.63, 3.8) is 0 Å². The summed E-state index contributed by atoms with van der Waals surface area (Å²) in [5, 5.41) is 0.757. The van der Waals surface area contributed by atoms with Gasteiger partial charge in [-0.25, -0.2) is 4.98 Å². The number of benzene rings is 2. The van der Waals surface area contributed by atoms with E-state index in [2.05, 4.69) is 16.0 Å². The van der Waals surface area contributed by atoms with Gasteiger partial charge in [0.05, 0.1) is 10.2 Å². The molecule has 0 bridgehead atoms. The highest BCUT2D eigenvalue weighted by atomic mass is 32.1. The van der Waals surface area contributed by atoms with Crippen molar-refractivity contribution in [3.05, 3.63) is 59.2 Å². The van der Waals surface area contributed by atoms with Gasteiger partial charge in [-0.05, 0) is 51.7 Å². The number of amides is 1. The van der Waals surface area contributed by atoms with Crippen LogP contribution in [0.15, 0.2) is 42.5 Å². The second-order valence-electron chi connectivity index (χ2n) is 6.54. The third-order valence-electron chi connectivity index (χ3n) is 4.14. The SMILES string of the molecule is Cc1ccc(C(=O)N(CCN(C)C)c2nc3ccccc3s2)c(C)c1. The monoisotopic (exact) mass is 353 g/mol. The fraction of sp³-hybridized carbons (Fsp3) is 0.300. The number of likely N-dealkylation sites (N-methyl/N-ethyl adjacent to an activating group) is 1. The van der Waals surface area contributed by atoms with E-state index in [9.17, 15) is 4.79 Å². The largest absolute Gasteiger partial charge is 0.308 e. The van der Waals surface area contributed by atoms with E-state index in [1.165, 1.54) is 0 Å². The molecule has 0 aliphatic carbocycles. The lowest BCUT2D eigenvalue weighted by molar-refractivity contribution is 0.0984. The van der Waals surface area contributed by atoms with Crippen molar-refractivity contribution in [1.82, 2.24) is 9.88 Å². The van der Waals surface area contributed by atoms with Crippen LogP contribution >= 0.6 is 11.3 Å². The van der Waals surface area contributed by atoms with Crippen molar-refractivity contribution in [2.24, 2.45) is 0 Å². The zero-order chi connectivity index (χ0) is 18.0. The molecule has 0 atom stereocenters. The van der Waals surface area contributed by atoms with Crippen LogP contribution in [0.2, 0.25) is 0 Å². The molecule has 0 aliphatic heterocycles. The Bertz CT molecular complexity index is 868. The molecule has 0 N–H and O–H groups in total. The second kappa shape index (κ2) is 7.33. The van der Waals surface area contributed by atoms with Crippen molar-refractivity contribution in [1.29, 1.82) is 0 Å². The summed E-state index contributed by atoms with van der Waals surface area (Å²) in [7, 11) is 4.02. The first-order valence-electron chi connectivity index (χ1n) is 8.35. The summed E-state index contributed by atoms with van der Waals surface area (Å²) in [6.45, 7) is 5.42. The van der Waals surface area contributed by atoms with E-state index >= 15 is 0 Å². The summed E-state index contributed by atoms with van der Waals surface area (Å²) in [5.41, 5.74) is 3.84. The summed E-state index contributed by atoms with van der Waals surface area (Å²) in [6.07, 6.45) is 0. The summed E-state index contributed by atoms with van der Waals surface area (Å²) < 4.78 is 1.10. The average Bonchev–Trinajstić information content (AvgIpc) is 2.98. The number of anilines is 1. The maximum Gasteiger partial charge on any atom is 0.260 e. The van der Waals surface area contributed by atoms with E-state index in [4.69, 9.17) is 0 Å². The standard InChI is InChI=1S/C20H23N3OS/c1-14-9-10-16(15(2)13-14)19(24)23(12-11-22(3)4)20-21-17-7-5-6-8-18(17)25-20/h5-10,13H,11-12H2,1-4H3. The Hall–Kier alpha value is -2.24. The van der Waals surface area contributed by atoms with Crippen molar-refractivity contribution in [3.8, 4) is 0 Å². The average molecular weight is 353 g/mol. The van der Waals surface area contributed by atoms with Crippen molar-refractivity contribution < 1.29 is 4.79 Å². The minimum atomic E-state index is 0.0124. The van der Waals surface area contributed by atoms with Crippen LogP contribution < -0.4 is 4.90 Å². The number of rotatable bonds is 5. The van der Waals surface area contributed by atoms with Crippen molar-refractivity contribution >= 4 is 32.6 Å². The zero-order valence-electron chi connectivity index (χ0n) is 15.1. The summed E-state index contributed by atoms with van der Waals surface area (Å²) >= 11 is 1.56. The highest BCUT2D eigenvalue weighted by molar-refractivity contribution is 7.22. The number of aromatic nitrogens is 1. The molecular weight excluding hydrogens is 330 g/mol. The van der Waals surface area contributed by atoms with Gasteiger partial charge in [-0.1, -0.05) is 41.2 Å². The van der Waals surface area contributed by atoms with Crippen LogP contribution in [0.4, 0.5) is 5.13 Å². The molecule has 0 aliphatic rings. The van der Waals surface area contributed by atoms with Gasteiger partial charge in [-0.2, -0.15) is 0 Å². The maximum atomic E-state index is 13.2. The van der Waals surface area contributed by atoms with Gasteiger partial charge >= 0.3 is 0 Å². The first-order valence-corrected chi connectivity index (χ1v) is 9.17. The Morgan fingerprint density at radius 1 is 1.08 bits per heavy atom. The van der Waals surface area contributed by atoms with E-state index < -0.39 is 0 Å². The maximum absolute atomic E-state index is 13.2. The van der Waals surface area contributed by atoms with Gasteiger partial charge in [0.2, 0.25) is 0 Å². The predicted molar refractivity (Wildman–Crippen MR) is 106 cm³/mol. The lowest BCUT2D eigenvalue weighted by Gasteiger charge is -2.22. The summed E-state index contributed by atoms with van der Waals surface area (Å²) in [5.74, 6) is 0.0124. The smallest absolute Gasteiger partial charge is 0.260 e. The number of carbonyl (C=O) groups is 1. The molecule has 3 rings (SSSR count). The lowest BCUT2D eigenvalue weighted by atomic mass is 10.0. The van der Waals surface area contributed by atoms with Crippen molar-refractivity contribution in [2.75, 3.05) is 32.1 Å². The molecule has 2 aromatic carbocycles. The molecule has 0 saturated heterocycles. The first kappa shape index (κ1) is 17.6. The third-order valence-corrected chi connectivity index (χ3v) is 5.20. The fourth-order valence-corrected chi connectivity index (χ4v) is 3.75. The van der Waals surface area contributed by atoms with E-state index in [0.717, 1.165) is 38.6 Å². The molecule has 1 heterocycles. The van der Waals surface area contributed by atoms with Gasteiger partial charge in [-0.3, -0.25) is 9.69 Å². The zero-order valence-corrected chi connectivity index (χ0v) is 15.9. The molecule has 0 fully saturated rings. The number of fused-ring (bicyclic) bond motifs is 1. The Morgan fingerprint density at radius 2 is 1.84 bits per heavy atom. The van der Waals surface area contributed by atoms with Gasteiger partial charge in [0, 0.05) is 18.7 Å². The number of para-hydroxylation sites is 1. The molecule has 5 heteroatoms. The minimum absolute atomic E-state index is 0.0124. The molecule has 1 aromatic heterocycles. The Morgan fingerprint density at radius 3 is 2.52 bits per heavy atom.